The van der Waals surface area contributed by atoms with E-state index in [1.807, 2.05) is 0 Å². The molecule has 0 aliphatic carbocycles. The maximum atomic E-state index is 13.6. The first-order valence-electron chi connectivity index (χ1n) is 6.40. The van der Waals surface area contributed by atoms with Crippen LogP contribution in [0.1, 0.15) is 12.5 Å². The number of hydrogen-bond acceptors (Lipinski definition) is 5. The highest BCUT2D eigenvalue weighted by Crippen LogP contribution is 2.31. The van der Waals surface area contributed by atoms with E-state index in [2.05, 4.69) is 10.1 Å². The van der Waals surface area contributed by atoms with Gasteiger partial charge >= 0.3 is 12.3 Å². The number of alkyl carbamates (subject to hydrolysis) is 1. The average Bonchev–Trinajstić information content (AvgIpc) is 2.48. The number of ether oxygens (including phenoxy) is 1. The number of halogens is 4. The van der Waals surface area contributed by atoms with Crippen molar-refractivity contribution in [1.29, 1.82) is 5.26 Å². The van der Waals surface area contributed by atoms with Gasteiger partial charge in [0, 0.05) is 6.20 Å². The molecule has 1 aromatic rings. The number of amides is 2. The van der Waals surface area contributed by atoms with Gasteiger partial charge in [0.15, 0.2) is 0 Å². The fraction of sp³-hybridized carbons (Fsp3) is 0.214. The standard InChI is InChI=1S/C14H11F4N3O3/c1-2-24-13(23)21-12(22)8(6-19)7-20-11-4-3-9(5-10(11)15)14(16,17)18/h3-5,7,20H,2H2,1H3,(H,21,22,23)/b8-7-. The van der Waals surface area contributed by atoms with Crippen LogP contribution in [0.5, 0.6) is 0 Å². The first-order chi connectivity index (χ1) is 11.2. The molecule has 0 spiro atoms. The predicted molar refractivity (Wildman–Crippen MR) is 73.9 cm³/mol. The van der Waals surface area contributed by atoms with Gasteiger partial charge in [-0.05, 0) is 25.1 Å². The molecule has 0 heterocycles. The summed E-state index contributed by atoms with van der Waals surface area (Å²) in [5, 5.41) is 12.8. The Morgan fingerprint density at radius 2 is 2.04 bits per heavy atom. The van der Waals surface area contributed by atoms with Gasteiger partial charge in [0.05, 0.1) is 17.9 Å². The van der Waals surface area contributed by atoms with Gasteiger partial charge in [0.25, 0.3) is 5.91 Å². The fourth-order valence-electron chi connectivity index (χ4n) is 1.43. The van der Waals surface area contributed by atoms with Crippen molar-refractivity contribution in [2.24, 2.45) is 0 Å². The summed E-state index contributed by atoms with van der Waals surface area (Å²) in [6, 6.07) is 3.14. The van der Waals surface area contributed by atoms with Crippen LogP contribution in [0.15, 0.2) is 30.0 Å². The molecule has 2 amide bonds. The number of anilines is 1. The van der Waals surface area contributed by atoms with Crippen LogP contribution < -0.4 is 10.6 Å². The van der Waals surface area contributed by atoms with Crippen molar-refractivity contribution in [2.75, 3.05) is 11.9 Å². The van der Waals surface area contributed by atoms with Crippen LogP contribution in [0, 0.1) is 17.1 Å². The Balaban J connectivity index is 2.88. The largest absolute Gasteiger partial charge is 0.450 e. The van der Waals surface area contributed by atoms with Crippen LogP contribution >= 0.6 is 0 Å². The second-order valence-corrected chi connectivity index (χ2v) is 4.18. The number of carbonyl (C=O) groups excluding carboxylic acids is 2. The molecule has 128 valence electrons. The molecule has 0 aromatic heterocycles. The van der Waals surface area contributed by atoms with E-state index in [0.29, 0.717) is 6.07 Å². The van der Waals surface area contributed by atoms with E-state index >= 15 is 0 Å². The summed E-state index contributed by atoms with van der Waals surface area (Å²) in [5.41, 5.74) is -2.18. The van der Waals surface area contributed by atoms with Gasteiger partial charge in [-0.1, -0.05) is 0 Å². The molecule has 0 unspecified atom stereocenters. The van der Waals surface area contributed by atoms with Gasteiger partial charge in [0.2, 0.25) is 0 Å². The van der Waals surface area contributed by atoms with Crippen LogP contribution in [0.25, 0.3) is 0 Å². The Hall–Kier alpha value is -3.09. The van der Waals surface area contributed by atoms with Crippen molar-refractivity contribution in [1.82, 2.24) is 5.32 Å². The van der Waals surface area contributed by atoms with Crippen molar-refractivity contribution >= 4 is 17.7 Å². The summed E-state index contributed by atoms with van der Waals surface area (Å²) in [6.07, 6.45) is -5.03. The number of rotatable bonds is 4. The van der Waals surface area contributed by atoms with Crippen LogP contribution in [0.2, 0.25) is 0 Å². The summed E-state index contributed by atoms with van der Waals surface area (Å²) >= 11 is 0. The van der Waals surface area contributed by atoms with Crippen molar-refractivity contribution in [3.8, 4) is 6.07 Å². The number of carbonyl (C=O) groups is 2. The number of imide groups is 1. The number of alkyl halides is 3. The Labute approximate surface area is 133 Å². The predicted octanol–water partition coefficient (Wildman–Crippen LogP) is 2.94. The van der Waals surface area contributed by atoms with E-state index in [1.165, 1.54) is 13.0 Å². The summed E-state index contributed by atoms with van der Waals surface area (Å²) in [6.45, 7) is 1.50. The first-order valence-corrected chi connectivity index (χ1v) is 6.40. The molecule has 1 rings (SSSR count). The molecule has 0 fully saturated rings. The molecule has 10 heteroatoms. The Kier molecular flexibility index (Phi) is 6.29. The van der Waals surface area contributed by atoms with Gasteiger partial charge in [-0.15, -0.1) is 0 Å². The number of nitrogens with zero attached hydrogens (tertiary/aromatic N) is 1. The Morgan fingerprint density at radius 1 is 1.38 bits per heavy atom. The molecule has 0 saturated heterocycles. The molecule has 0 bridgehead atoms. The Morgan fingerprint density at radius 3 is 2.54 bits per heavy atom. The highest BCUT2D eigenvalue weighted by molar-refractivity contribution is 6.05. The summed E-state index contributed by atoms with van der Waals surface area (Å²) in [5.74, 6) is -2.35. The minimum absolute atomic E-state index is 0.000268. The van der Waals surface area contributed by atoms with E-state index < -0.39 is 35.1 Å². The third-order valence-corrected chi connectivity index (χ3v) is 2.52. The molecule has 0 radical (unpaired) electrons. The van der Waals surface area contributed by atoms with Crippen molar-refractivity contribution in [3.63, 3.8) is 0 Å². The molecule has 2 N–H and O–H groups in total. The molecule has 0 saturated carbocycles. The highest BCUT2D eigenvalue weighted by atomic mass is 19.4. The van der Waals surface area contributed by atoms with Crippen LogP contribution in [0.3, 0.4) is 0 Å². The zero-order chi connectivity index (χ0) is 18.3. The molecule has 24 heavy (non-hydrogen) atoms. The molecule has 1 aromatic carbocycles. The van der Waals surface area contributed by atoms with Gasteiger partial charge < -0.3 is 10.1 Å². The van der Waals surface area contributed by atoms with Crippen LogP contribution in [-0.4, -0.2) is 18.6 Å². The molecular formula is C14H11F4N3O3. The number of nitriles is 1. The van der Waals surface area contributed by atoms with Crippen LogP contribution in [0.4, 0.5) is 28.0 Å². The number of hydrogen-bond donors (Lipinski definition) is 2. The smallest absolute Gasteiger partial charge is 0.416 e. The third-order valence-electron chi connectivity index (χ3n) is 2.52. The van der Waals surface area contributed by atoms with Crippen LogP contribution in [-0.2, 0) is 15.7 Å². The van der Waals surface area contributed by atoms with Gasteiger partial charge in [-0.25, -0.2) is 9.18 Å². The number of benzene rings is 1. The topological polar surface area (TPSA) is 91.2 Å². The summed E-state index contributed by atoms with van der Waals surface area (Å²) in [4.78, 5) is 22.6. The minimum atomic E-state index is -4.70. The normalized spacial score (nSPS) is 11.4. The first kappa shape index (κ1) is 19.0. The lowest BCUT2D eigenvalue weighted by Crippen LogP contribution is -2.32. The molecule has 0 aliphatic rings. The van der Waals surface area contributed by atoms with Crippen molar-refractivity contribution in [3.05, 3.63) is 41.4 Å². The van der Waals surface area contributed by atoms with E-state index in [4.69, 9.17) is 5.26 Å². The fourth-order valence-corrected chi connectivity index (χ4v) is 1.43. The van der Waals surface area contributed by atoms with Gasteiger partial charge in [-0.3, -0.25) is 10.1 Å². The quantitative estimate of drug-likeness (QED) is 0.497. The Bertz CT molecular complexity index is 708. The maximum Gasteiger partial charge on any atom is 0.416 e. The maximum absolute atomic E-state index is 13.6. The summed E-state index contributed by atoms with van der Waals surface area (Å²) in [7, 11) is 0. The molecule has 0 aliphatic heterocycles. The van der Waals surface area contributed by atoms with E-state index in [9.17, 15) is 27.2 Å². The number of nitrogens with one attached hydrogen (secondary N) is 2. The zero-order valence-electron chi connectivity index (χ0n) is 12.2. The lowest BCUT2D eigenvalue weighted by Gasteiger charge is -2.09. The minimum Gasteiger partial charge on any atom is -0.450 e. The van der Waals surface area contributed by atoms with E-state index in [-0.39, 0.29) is 18.4 Å². The summed E-state index contributed by atoms with van der Waals surface area (Å²) < 4.78 is 55.3. The molecule has 6 nitrogen and oxygen atoms in total. The second kappa shape index (κ2) is 7.96. The van der Waals surface area contributed by atoms with Crippen molar-refractivity contribution in [2.45, 2.75) is 13.1 Å². The average molecular weight is 345 g/mol. The van der Waals surface area contributed by atoms with Crippen molar-refractivity contribution < 1.29 is 31.9 Å². The zero-order valence-corrected chi connectivity index (χ0v) is 12.2. The van der Waals surface area contributed by atoms with Gasteiger partial charge in [0.1, 0.15) is 17.5 Å². The SMILES string of the molecule is CCOC(=O)NC(=O)/C(C#N)=C\Nc1ccc(C(F)(F)F)cc1F. The van der Waals surface area contributed by atoms with Gasteiger partial charge in [-0.2, -0.15) is 18.4 Å². The third kappa shape index (κ3) is 5.28. The monoisotopic (exact) mass is 345 g/mol. The lowest BCUT2D eigenvalue weighted by molar-refractivity contribution is -0.137. The highest BCUT2D eigenvalue weighted by Gasteiger charge is 2.31. The van der Waals surface area contributed by atoms with E-state index in [0.717, 1.165) is 12.3 Å². The molecule has 0 atom stereocenters. The molecular weight excluding hydrogens is 334 g/mol. The lowest BCUT2D eigenvalue weighted by atomic mass is 10.2. The van der Waals surface area contributed by atoms with E-state index in [1.54, 1.807) is 5.32 Å². The second-order valence-electron chi connectivity index (χ2n) is 4.18.